The zero-order valence-electron chi connectivity index (χ0n) is 5.39. The highest BCUT2D eigenvalue weighted by atomic mass is 32.1. The molecule has 2 N–H and O–H groups in total. The summed E-state index contributed by atoms with van der Waals surface area (Å²) in [6, 6.07) is 0.219. The fourth-order valence-electron chi connectivity index (χ4n) is 1.17. The Hall–Kier alpha value is -0.170. The van der Waals surface area contributed by atoms with Crippen molar-refractivity contribution in [2.75, 3.05) is 0 Å². The molecule has 2 heteroatoms. The molecule has 0 radical (unpaired) electrons. The highest BCUT2D eigenvalue weighted by Crippen LogP contribution is 2.19. The Kier molecular flexibility index (Phi) is 2.40. The predicted octanol–water partition coefficient (Wildman–Crippen LogP) is 1.41. The lowest BCUT2D eigenvalue weighted by Crippen LogP contribution is -2.25. The molecule has 1 aliphatic rings. The molecule has 1 rings (SSSR count). The van der Waals surface area contributed by atoms with Gasteiger partial charge in [0.15, 0.2) is 0 Å². The van der Waals surface area contributed by atoms with Crippen LogP contribution in [0.2, 0.25) is 0 Å². The van der Waals surface area contributed by atoms with E-state index >= 15 is 0 Å². The molecule has 0 heterocycles. The first-order chi connectivity index (χ1) is 4.34. The van der Waals surface area contributed by atoms with Crippen LogP contribution in [0.25, 0.3) is 0 Å². The van der Waals surface area contributed by atoms with Crippen molar-refractivity contribution >= 4 is 17.2 Å². The zero-order chi connectivity index (χ0) is 6.69. The first-order valence-corrected chi connectivity index (χ1v) is 3.75. The summed E-state index contributed by atoms with van der Waals surface area (Å²) in [7, 11) is 0. The highest BCUT2D eigenvalue weighted by molar-refractivity contribution is 7.78. The van der Waals surface area contributed by atoms with E-state index in [4.69, 9.17) is 5.73 Å². The molecule has 1 unspecified atom stereocenters. The van der Waals surface area contributed by atoms with Gasteiger partial charge in [0.25, 0.3) is 0 Å². The summed E-state index contributed by atoms with van der Waals surface area (Å²) < 4.78 is 0. The normalized spacial score (nSPS) is 27.7. The van der Waals surface area contributed by atoms with Crippen LogP contribution in [0.4, 0.5) is 0 Å². The Morgan fingerprint density at radius 1 is 1.56 bits per heavy atom. The minimum absolute atomic E-state index is 0.219. The molecule has 0 aliphatic heterocycles. The van der Waals surface area contributed by atoms with Gasteiger partial charge < -0.3 is 5.73 Å². The van der Waals surface area contributed by atoms with Crippen LogP contribution in [0.3, 0.4) is 0 Å². The lowest BCUT2D eigenvalue weighted by molar-refractivity contribution is 0.542. The molecule has 0 saturated heterocycles. The average molecular weight is 141 g/mol. The van der Waals surface area contributed by atoms with Gasteiger partial charge in [0.2, 0.25) is 0 Å². The van der Waals surface area contributed by atoms with Crippen LogP contribution < -0.4 is 5.73 Å². The van der Waals surface area contributed by atoms with Crippen molar-refractivity contribution < 1.29 is 0 Å². The van der Waals surface area contributed by atoms with Crippen molar-refractivity contribution in [2.45, 2.75) is 31.7 Å². The minimum atomic E-state index is 0.219. The van der Waals surface area contributed by atoms with Crippen molar-refractivity contribution in [3.8, 4) is 0 Å². The van der Waals surface area contributed by atoms with Crippen molar-refractivity contribution in [3.63, 3.8) is 0 Å². The van der Waals surface area contributed by atoms with Gasteiger partial charge in [0, 0.05) is 6.04 Å². The third kappa shape index (κ3) is 1.62. The molecular weight excluding hydrogens is 130 g/mol. The summed E-state index contributed by atoms with van der Waals surface area (Å²) in [6.07, 6.45) is 4.66. The second-order valence-corrected chi connectivity index (χ2v) is 2.68. The van der Waals surface area contributed by atoms with Crippen LogP contribution in [-0.2, 0) is 0 Å². The number of hydrogen-bond donors (Lipinski definition) is 1. The monoisotopic (exact) mass is 141 g/mol. The molecule has 0 bridgehead atoms. The number of nitrogens with two attached hydrogens (primary N) is 1. The SMILES string of the molecule is NC1CCCCC1=C=S. The Morgan fingerprint density at radius 2 is 2.33 bits per heavy atom. The van der Waals surface area contributed by atoms with E-state index in [0.717, 1.165) is 18.4 Å². The zero-order valence-corrected chi connectivity index (χ0v) is 6.21. The van der Waals surface area contributed by atoms with Crippen molar-refractivity contribution in [3.05, 3.63) is 5.57 Å². The maximum Gasteiger partial charge on any atom is 0.0338 e. The number of hydrogen-bond acceptors (Lipinski definition) is 2. The summed E-state index contributed by atoms with van der Waals surface area (Å²) in [5.74, 6) is 0. The van der Waals surface area contributed by atoms with E-state index in [9.17, 15) is 0 Å². The van der Waals surface area contributed by atoms with Gasteiger partial charge in [-0.3, -0.25) is 0 Å². The van der Waals surface area contributed by atoms with Gasteiger partial charge >= 0.3 is 0 Å². The molecule has 1 saturated carbocycles. The Bertz CT molecular complexity index is 147. The quantitative estimate of drug-likeness (QED) is 0.516. The molecule has 0 aromatic rings. The first kappa shape index (κ1) is 6.94. The molecule has 0 aromatic carbocycles. The van der Waals surface area contributed by atoms with Gasteiger partial charge in [0.1, 0.15) is 0 Å². The van der Waals surface area contributed by atoms with Crippen LogP contribution in [-0.4, -0.2) is 11.1 Å². The smallest absolute Gasteiger partial charge is 0.0338 e. The van der Waals surface area contributed by atoms with Gasteiger partial charge in [-0.2, -0.15) is 0 Å². The van der Waals surface area contributed by atoms with Crippen molar-refractivity contribution in [1.29, 1.82) is 0 Å². The molecule has 1 atom stereocenters. The molecule has 50 valence electrons. The second-order valence-electron chi connectivity index (χ2n) is 2.48. The maximum atomic E-state index is 5.72. The van der Waals surface area contributed by atoms with E-state index in [1.165, 1.54) is 12.8 Å². The Labute approximate surface area is 60.9 Å². The molecule has 0 amide bonds. The van der Waals surface area contributed by atoms with Crippen molar-refractivity contribution in [1.82, 2.24) is 0 Å². The summed E-state index contributed by atoms with van der Waals surface area (Å²) in [6.45, 7) is 0. The van der Waals surface area contributed by atoms with E-state index in [1.54, 1.807) is 0 Å². The maximum absolute atomic E-state index is 5.72. The molecule has 1 nitrogen and oxygen atoms in total. The summed E-state index contributed by atoms with van der Waals surface area (Å²) in [5.41, 5.74) is 6.87. The molecule has 1 fully saturated rings. The number of thiocarbonyl (C=S) groups is 1. The molecular formula is C7H11NS. The van der Waals surface area contributed by atoms with Crippen LogP contribution in [0.1, 0.15) is 25.7 Å². The topological polar surface area (TPSA) is 26.0 Å². The van der Waals surface area contributed by atoms with Gasteiger partial charge in [-0.15, -0.1) is 0 Å². The molecule has 0 spiro atoms. The fourth-order valence-corrected chi connectivity index (χ4v) is 1.42. The Morgan fingerprint density at radius 3 is 2.78 bits per heavy atom. The van der Waals surface area contributed by atoms with E-state index in [-0.39, 0.29) is 6.04 Å². The molecule has 1 aliphatic carbocycles. The van der Waals surface area contributed by atoms with E-state index in [0.29, 0.717) is 0 Å². The van der Waals surface area contributed by atoms with Crippen LogP contribution in [0.15, 0.2) is 5.57 Å². The Balaban J connectivity index is 2.59. The van der Waals surface area contributed by atoms with Crippen molar-refractivity contribution in [2.24, 2.45) is 5.73 Å². The lowest BCUT2D eigenvalue weighted by atomic mass is 9.92. The predicted molar refractivity (Wildman–Crippen MR) is 42.6 cm³/mol. The van der Waals surface area contributed by atoms with Gasteiger partial charge in [-0.1, -0.05) is 6.42 Å². The second kappa shape index (κ2) is 3.11. The van der Waals surface area contributed by atoms with E-state index in [2.05, 4.69) is 17.2 Å². The largest absolute Gasteiger partial charge is 0.324 e. The van der Waals surface area contributed by atoms with Crippen LogP contribution in [0, 0.1) is 0 Å². The minimum Gasteiger partial charge on any atom is -0.324 e. The standard InChI is InChI=1S/C7H11NS/c8-7-4-2-1-3-6(7)5-9/h7H,1-4,8H2. The average Bonchev–Trinajstić information content (AvgIpc) is 1.89. The van der Waals surface area contributed by atoms with E-state index in [1.807, 2.05) is 0 Å². The van der Waals surface area contributed by atoms with Gasteiger partial charge in [-0.25, -0.2) is 0 Å². The first-order valence-electron chi connectivity index (χ1n) is 3.34. The third-order valence-electron chi connectivity index (χ3n) is 1.79. The molecule has 0 aromatic heterocycles. The summed E-state index contributed by atoms with van der Waals surface area (Å²) in [5, 5.41) is 2.73. The van der Waals surface area contributed by atoms with Crippen LogP contribution >= 0.6 is 12.2 Å². The van der Waals surface area contributed by atoms with Gasteiger partial charge in [0.05, 0.1) is 0 Å². The summed E-state index contributed by atoms with van der Waals surface area (Å²) >= 11 is 4.68. The molecule has 9 heavy (non-hydrogen) atoms. The fraction of sp³-hybridized carbons (Fsp3) is 0.714. The number of rotatable bonds is 0. The van der Waals surface area contributed by atoms with Gasteiger partial charge in [-0.05, 0) is 42.1 Å². The summed E-state index contributed by atoms with van der Waals surface area (Å²) in [4.78, 5) is 0. The highest BCUT2D eigenvalue weighted by Gasteiger charge is 2.13. The van der Waals surface area contributed by atoms with E-state index < -0.39 is 0 Å². The third-order valence-corrected chi connectivity index (χ3v) is 2.05. The lowest BCUT2D eigenvalue weighted by Gasteiger charge is -2.18. The van der Waals surface area contributed by atoms with Crippen LogP contribution in [0.5, 0.6) is 0 Å².